The first kappa shape index (κ1) is 24.1. The summed E-state index contributed by atoms with van der Waals surface area (Å²) in [4.78, 5) is 19.1. The van der Waals surface area contributed by atoms with Crippen molar-refractivity contribution in [3.05, 3.63) is 29.7 Å². The van der Waals surface area contributed by atoms with Gasteiger partial charge in [-0.1, -0.05) is 19.8 Å². The Labute approximate surface area is 192 Å². The maximum absolute atomic E-state index is 12.6. The third-order valence-corrected chi connectivity index (χ3v) is 6.60. The van der Waals surface area contributed by atoms with Gasteiger partial charge in [-0.05, 0) is 65.0 Å². The van der Waals surface area contributed by atoms with Crippen LogP contribution in [0.3, 0.4) is 0 Å². The second kappa shape index (κ2) is 10.4. The topological polar surface area (TPSA) is 69.5 Å². The molecule has 3 rings (SSSR count). The molecule has 0 spiro atoms. The summed E-state index contributed by atoms with van der Waals surface area (Å²) in [7, 11) is 3.64. The summed E-state index contributed by atoms with van der Waals surface area (Å²) in [6, 6.07) is 3.96. The van der Waals surface area contributed by atoms with E-state index in [1.807, 2.05) is 26.1 Å². The molecule has 32 heavy (non-hydrogen) atoms. The highest BCUT2D eigenvalue weighted by Gasteiger charge is 2.28. The summed E-state index contributed by atoms with van der Waals surface area (Å²) in [5.74, 6) is 0.845. The van der Waals surface area contributed by atoms with Crippen molar-refractivity contribution in [1.29, 1.82) is 0 Å². The van der Waals surface area contributed by atoms with E-state index >= 15 is 0 Å². The van der Waals surface area contributed by atoms with Gasteiger partial charge in [-0.3, -0.25) is 4.68 Å². The molecule has 1 aliphatic carbocycles. The largest absolute Gasteiger partial charge is 0.489 e. The molecule has 2 heterocycles. The maximum atomic E-state index is 12.6. The Morgan fingerprint density at radius 3 is 2.62 bits per heavy atom. The molecule has 7 nitrogen and oxygen atoms in total. The third kappa shape index (κ3) is 5.61. The van der Waals surface area contributed by atoms with E-state index in [9.17, 15) is 4.79 Å². The summed E-state index contributed by atoms with van der Waals surface area (Å²) in [5, 5.41) is 4.38. The molecule has 0 aliphatic heterocycles. The first-order chi connectivity index (χ1) is 15.2. The predicted molar refractivity (Wildman–Crippen MR) is 126 cm³/mol. The summed E-state index contributed by atoms with van der Waals surface area (Å²) in [6.45, 7) is 8.33. The van der Waals surface area contributed by atoms with E-state index in [2.05, 4.69) is 25.9 Å². The van der Waals surface area contributed by atoms with Gasteiger partial charge in [-0.25, -0.2) is 9.78 Å². The molecule has 0 saturated heterocycles. The van der Waals surface area contributed by atoms with Crippen LogP contribution in [0.25, 0.3) is 11.3 Å². The van der Waals surface area contributed by atoms with E-state index < -0.39 is 0 Å². The van der Waals surface area contributed by atoms with Gasteiger partial charge >= 0.3 is 6.09 Å². The zero-order valence-electron chi connectivity index (χ0n) is 20.5. The van der Waals surface area contributed by atoms with Crippen LogP contribution < -0.4 is 4.74 Å². The molecule has 0 bridgehead atoms. The lowest BCUT2D eigenvalue weighted by atomic mass is 9.98. The number of aryl methyl sites for hydroxylation is 2. The zero-order valence-corrected chi connectivity index (χ0v) is 20.5. The number of rotatable bonds is 8. The molecular weight excluding hydrogens is 404 g/mol. The first-order valence-corrected chi connectivity index (χ1v) is 11.8. The molecule has 0 atom stereocenters. The fourth-order valence-corrected chi connectivity index (χ4v) is 4.29. The van der Waals surface area contributed by atoms with Crippen LogP contribution in [-0.2, 0) is 18.4 Å². The van der Waals surface area contributed by atoms with Gasteiger partial charge in [0.1, 0.15) is 12.4 Å². The molecule has 0 unspecified atom stereocenters. The second-order valence-electron chi connectivity index (χ2n) is 9.46. The van der Waals surface area contributed by atoms with Gasteiger partial charge in [0.2, 0.25) is 0 Å². The lowest BCUT2D eigenvalue weighted by Gasteiger charge is -2.34. The highest BCUT2D eigenvalue weighted by atomic mass is 16.6. The van der Waals surface area contributed by atoms with E-state index in [-0.39, 0.29) is 24.3 Å². The highest BCUT2D eigenvalue weighted by molar-refractivity contribution is 5.69. The number of carbonyl (C=O) groups excluding carboxylic acids is 1. The average molecular weight is 443 g/mol. The van der Waals surface area contributed by atoms with Gasteiger partial charge < -0.3 is 14.4 Å². The number of aromatic nitrogens is 3. The summed E-state index contributed by atoms with van der Waals surface area (Å²) < 4.78 is 13.6. The zero-order chi connectivity index (χ0) is 23.3. The summed E-state index contributed by atoms with van der Waals surface area (Å²) >= 11 is 0. The number of hydrogen-bond donors (Lipinski definition) is 0. The minimum Gasteiger partial charge on any atom is -0.489 e. The molecule has 1 aliphatic rings. The predicted octanol–water partition coefficient (Wildman–Crippen LogP) is 5.65. The number of ether oxygens (including phenoxy) is 2. The van der Waals surface area contributed by atoms with Crippen molar-refractivity contribution in [2.45, 2.75) is 90.9 Å². The average Bonchev–Trinajstić information content (AvgIpc) is 3.14. The molecule has 1 saturated carbocycles. The minimum atomic E-state index is -0.337. The number of nitrogens with zero attached hydrogens (tertiary/aromatic N) is 4. The van der Waals surface area contributed by atoms with Crippen molar-refractivity contribution in [3.8, 4) is 17.0 Å². The van der Waals surface area contributed by atoms with E-state index in [1.54, 1.807) is 22.8 Å². The van der Waals surface area contributed by atoms with E-state index in [0.29, 0.717) is 0 Å². The molecular formula is C25H38N4O3. The number of carbonyl (C=O) groups is 1. The monoisotopic (exact) mass is 442 g/mol. The molecule has 2 aromatic rings. The van der Waals surface area contributed by atoms with Gasteiger partial charge in [0, 0.05) is 25.2 Å². The van der Waals surface area contributed by atoms with Crippen LogP contribution in [0.2, 0.25) is 0 Å². The van der Waals surface area contributed by atoms with Gasteiger partial charge in [0.25, 0.3) is 0 Å². The van der Waals surface area contributed by atoms with Crippen LogP contribution in [0.15, 0.2) is 18.3 Å². The van der Waals surface area contributed by atoms with Gasteiger partial charge in [0.15, 0.2) is 0 Å². The fourth-order valence-electron chi connectivity index (χ4n) is 4.29. The molecule has 7 heteroatoms. The SMILES string of the molecule is CCCC(C)(C)N(C)C(=O)OCc1c(-c2ccc(OC3CCCCC3)c(C)n2)cnn1C. The Kier molecular flexibility index (Phi) is 7.80. The molecule has 176 valence electrons. The fraction of sp³-hybridized carbons (Fsp3) is 0.640. The van der Waals surface area contributed by atoms with Gasteiger partial charge in [-0.15, -0.1) is 0 Å². The lowest BCUT2D eigenvalue weighted by molar-refractivity contribution is 0.0661. The lowest BCUT2D eigenvalue weighted by Crippen LogP contribution is -2.45. The molecule has 0 N–H and O–H groups in total. The van der Waals surface area contributed by atoms with E-state index in [1.165, 1.54) is 19.3 Å². The first-order valence-electron chi connectivity index (χ1n) is 11.8. The second-order valence-corrected chi connectivity index (χ2v) is 9.46. The normalized spacial score (nSPS) is 14.9. The van der Waals surface area contributed by atoms with E-state index in [0.717, 1.165) is 54.1 Å². The van der Waals surface area contributed by atoms with E-state index in [4.69, 9.17) is 14.5 Å². The van der Waals surface area contributed by atoms with Crippen LogP contribution in [0.4, 0.5) is 4.79 Å². The van der Waals surface area contributed by atoms with Gasteiger partial charge in [-0.2, -0.15) is 5.10 Å². The van der Waals surface area contributed by atoms with Crippen LogP contribution in [0.5, 0.6) is 5.75 Å². The van der Waals surface area contributed by atoms with Crippen LogP contribution in [0, 0.1) is 6.92 Å². The molecule has 0 aromatic carbocycles. The summed E-state index contributed by atoms with van der Waals surface area (Å²) in [6.07, 6.45) is 9.64. The van der Waals surface area contributed by atoms with Crippen LogP contribution >= 0.6 is 0 Å². The van der Waals surface area contributed by atoms with Crippen LogP contribution in [-0.4, -0.2) is 44.4 Å². The Morgan fingerprint density at radius 1 is 1.25 bits per heavy atom. The van der Waals surface area contributed by atoms with Crippen molar-refractivity contribution in [3.63, 3.8) is 0 Å². The Hall–Kier alpha value is -2.57. The van der Waals surface area contributed by atoms with Crippen molar-refractivity contribution in [1.82, 2.24) is 19.7 Å². The molecule has 0 radical (unpaired) electrons. The van der Waals surface area contributed by atoms with Crippen molar-refractivity contribution < 1.29 is 14.3 Å². The van der Waals surface area contributed by atoms with Crippen molar-refractivity contribution >= 4 is 6.09 Å². The third-order valence-electron chi connectivity index (χ3n) is 6.60. The number of amides is 1. The summed E-state index contributed by atoms with van der Waals surface area (Å²) in [5.41, 5.74) is 3.09. The number of pyridine rings is 1. The Balaban J connectivity index is 1.71. The minimum absolute atomic E-state index is 0.137. The smallest absolute Gasteiger partial charge is 0.410 e. The van der Waals surface area contributed by atoms with Crippen molar-refractivity contribution in [2.24, 2.45) is 7.05 Å². The molecule has 2 aromatic heterocycles. The standard InChI is InChI=1S/C25H38N4O3/c1-7-15-25(3,4)28(5)24(30)31-17-22-20(16-26-29(22)6)21-13-14-23(18(2)27-21)32-19-11-9-8-10-12-19/h13-14,16,19H,7-12,15,17H2,1-6H3. The number of hydrogen-bond acceptors (Lipinski definition) is 5. The van der Waals surface area contributed by atoms with Gasteiger partial charge in [0.05, 0.1) is 29.4 Å². The Bertz CT molecular complexity index is 916. The maximum Gasteiger partial charge on any atom is 0.410 e. The highest BCUT2D eigenvalue weighted by Crippen LogP contribution is 2.29. The molecule has 1 fully saturated rings. The van der Waals surface area contributed by atoms with Crippen molar-refractivity contribution in [2.75, 3.05) is 7.05 Å². The Morgan fingerprint density at radius 2 is 1.97 bits per heavy atom. The van der Waals surface area contributed by atoms with Crippen LogP contribution in [0.1, 0.15) is 77.1 Å². The quantitative estimate of drug-likeness (QED) is 0.528. The molecule has 1 amide bonds.